The highest BCUT2D eigenvalue weighted by atomic mass is 32.1. The second-order valence-electron chi connectivity index (χ2n) is 14.8. The van der Waals surface area contributed by atoms with Gasteiger partial charge in [-0.15, -0.1) is 11.3 Å². The number of rotatable bonds is 7. The van der Waals surface area contributed by atoms with E-state index < -0.39 is 0 Å². The van der Waals surface area contributed by atoms with Gasteiger partial charge in [-0.2, -0.15) is 0 Å². The molecule has 0 aliphatic rings. The minimum atomic E-state index is 0.627. The Morgan fingerprint density at radius 3 is 1.56 bits per heavy atom. The van der Waals surface area contributed by atoms with Gasteiger partial charge in [0.15, 0.2) is 17.5 Å². The van der Waals surface area contributed by atoms with Gasteiger partial charge >= 0.3 is 0 Å². The van der Waals surface area contributed by atoms with Crippen LogP contribution >= 0.6 is 11.3 Å². The van der Waals surface area contributed by atoms with Gasteiger partial charge in [0.05, 0.1) is 0 Å². The van der Waals surface area contributed by atoms with E-state index in [1.807, 2.05) is 0 Å². The molecule has 0 bridgehead atoms. The lowest BCUT2D eigenvalue weighted by atomic mass is 9.92. The molecule has 9 aromatic carbocycles. The van der Waals surface area contributed by atoms with Gasteiger partial charge in [0.1, 0.15) is 0 Å². The van der Waals surface area contributed by atoms with Crippen molar-refractivity contribution in [3.05, 3.63) is 212 Å². The molecule has 2 heterocycles. The van der Waals surface area contributed by atoms with Crippen LogP contribution < -0.4 is 0 Å². The lowest BCUT2D eigenvalue weighted by molar-refractivity contribution is 1.08. The highest BCUT2D eigenvalue weighted by molar-refractivity contribution is 7.26. The Kier molecular flexibility index (Phi) is 8.68. The maximum absolute atomic E-state index is 5.43. The Balaban J connectivity index is 1.13. The zero-order valence-corrected chi connectivity index (χ0v) is 32.8. The van der Waals surface area contributed by atoms with E-state index in [2.05, 4.69) is 212 Å². The highest BCUT2D eigenvalue weighted by Gasteiger charge is 2.21. The Labute approximate surface area is 346 Å². The molecule has 4 heteroatoms. The Bertz CT molecular complexity index is 3320. The second-order valence-corrected chi connectivity index (χ2v) is 15.8. The molecule has 11 rings (SSSR count). The molecular formula is C55H35N3S. The van der Waals surface area contributed by atoms with Crippen molar-refractivity contribution in [2.75, 3.05) is 0 Å². The van der Waals surface area contributed by atoms with Gasteiger partial charge in [-0.1, -0.05) is 188 Å². The number of thiophene rings is 1. The van der Waals surface area contributed by atoms with Crippen LogP contribution in [-0.2, 0) is 0 Å². The Morgan fingerprint density at radius 2 is 0.797 bits per heavy atom. The van der Waals surface area contributed by atoms with Crippen molar-refractivity contribution < 1.29 is 0 Å². The van der Waals surface area contributed by atoms with Gasteiger partial charge in [0.2, 0.25) is 0 Å². The zero-order chi connectivity index (χ0) is 39.1. The van der Waals surface area contributed by atoms with Crippen LogP contribution in [0.25, 0.3) is 110 Å². The van der Waals surface area contributed by atoms with Crippen LogP contribution in [0.15, 0.2) is 212 Å². The summed E-state index contributed by atoms with van der Waals surface area (Å²) in [5, 5.41) is 4.66. The van der Waals surface area contributed by atoms with Crippen LogP contribution in [0, 0.1) is 0 Å². The highest BCUT2D eigenvalue weighted by Crippen LogP contribution is 2.42. The Hall–Kier alpha value is -7.53. The van der Waals surface area contributed by atoms with E-state index in [1.54, 1.807) is 11.3 Å². The largest absolute Gasteiger partial charge is 0.208 e. The lowest BCUT2D eigenvalue weighted by Gasteiger charge is -2.16. The molecule has 0 aliphatic heterocycles. The summed E-state index contributed by atoms with van der Waals surface area (Å²) >= 11 is 1.79. The average Bonchev–Trinajstić information content (AvgIpc) is 3.71. The van der Waals surface area contributed by atoms with E-state index in [1.165, 1.54) is 37.7 Å². The number of fused-ring (bicyclic) bond motifs is 4. The second kappa shape index (κ2) is 14.8. The molecule has 276 valence electrons. The van der Waals surface area contributed by atoms with Crippen molar-refractivity contribution in [1.29, 1.82) is 0 Å². The molecule has 3 nitrogen and oxygen atoms in total. The first-order valence-corrected chi connectivity index (χ1v) is 20.7. The molecule has 0 unspecified atom stereocenters. The summed E-state index contributed by atoms with van der Waals surface area (Å²) in [6, 6.07) is 75.2. The first-order chi connectivity index (χ1) is 29.2. The molecule has 0 atom stereocenters. The average molecular weight is 770 g/mol. The minimum absolute atomic E-state index is 0.627. The third kappa shape index (κ3) is 6.46. The number of benzene rings is 9. The zero-order valence-electron chi connectivity index (χ0n) is 32.0. The molecule has 0 radical (unpaired) electrons. The number of hydrogen-bond acceptors (Lipinski definition) is 4. The van der Waals surface area contributed by atoms with Gasteiger partial charge in [-0.3, -0.25) is 0 Å². The van der Waals surface area contributed by atoms with Gasteiger partial charge in [-0.05, 0) is 79.5 Å². The topological polar surface area (TPSA) is 38.7 Å². The number of aromatic nitrogens is 3. The van der Waals surface area contributed by atoms with Crippen LogP contribution in [0.3, 0.4) is 0 Å². The van der Waals surface area contributed by atoms with E-state index in [-0.39, 0.29) is 0 Å². The summed E-state index contributed by atoms with van der Waals surface area (Å²) in [6.07, 6.45) is 0. The lowest BCUT2D eigenvalue weighted by Crippen LogP contribution is -2.02. The molecule has 59 heavy (non-hydrogen) atoms. The van der Waals surface area contributed by atoms with Crippen molar-refractivity contribution in [2.24, 2.45) is 0 Å². The maximum Gasteiger partial charge on any atom is 0.165 e. The van der Waals surface area contributed by atoms with Gasteiger partial charge in [-0.25, -0.2) is 15.0 Å². The number of hydrogen-bond donors (Lipinski definition) is 0. The third-order valence-electron chi connectivity index (χ3n) is 11.2. The fraction of sp³-hybridized carbons (Fsp3) is 0. The maximum atomic E-state index is 5.43. The number of nitrogens with zero attached hydrogens (tertiary/aromatic N) is 3. The van der Waals surface area contributed by atoms with Crippen molar-refractivity contribution >= 4 is 42.3 Å². The molecule has 0 fully saturated rings. The van der Waals surface area contributed by atoms with Crippen molar-refractivity contribution in [2.45, 2.75) is 0 Å². The molecule has 2 aromatic heterocycles. The SMILES string of the molecule is c1ccc(-c2ccc(-c3ccc4ccccc4c3-c3nc(-c4cccc(-c5cccc(-c6ccccc6)c5)c4)nc(-c4cccc5c4sc4ccccc45)n3)cc2)cc1. The van der Waals surface area contributed by atoms with E-state index in [4.69, 9.17) is 15.0 Å². The predicted octanol–water partition coefficient (Wildman–Crippen LogP) is 15.1. The first-order valence-electron chi connectivity index (χ1n) is 19.8. The Morgan fingerprint density at radius 1 is 0.288 bits per heavy atom. The summed E-state index contributed by atoms with van der Waals surface area (Å²) in [5.41, 5.74) is 12.0. The molecule has 0 saturated heterocycles. The molecule has 0 saturated carbocycles. The van der Waals surface area contributed by atoms with E-state index in [0.717, 1.165) is 54.4 Å². The fourth-order valence-electron chi connectivity index (χ4n) is 8.23. The quantitative estimate of drug-likeness (QED) is 0.162. The fourth-order valence-corrected chi connectivity index (χ4v) is 9.44. The van der Waals surface area contributed by atoms with E-state index >= 15 is 0 Å². The van der Waals surface area contributed by atoms with Crippen LogP contribution in [-0.4, -0.2) is 15.0 Å². The van der Waals surface area contributed by atoms with Crippen LogP contribution in [0.4, 0.5) is 0 Å². The molecule has 0 amide bonds. The molecule has 11 aromatic rings. The summed E-state index contributed by atoms with van der Waals surface area (Å²) in [4.78, 5) is 16.2. The van der Waals surface area contributed by atoms with Crippen molar-refractivity contribution in [3.8, 4) is 78.7 Å². The molecular weight excluding hydrogens is 735 g/mol. The van der Waals surface area contributed by atoms with Gasteiger partial charge in [0.25, 0.3) is 0 Å². The third-order valence-corrected chi connectivity index (χ3v) is 12.4. The van der Waals surface area contributed by atoms with E-state index in [9.17, 15) is 0 Å². The summed E-state index contributed by atoms with van der Waals surface area (Å²) in [6.45, 7) is 0. The van der Waals surface area contributed by atoms with Crippen LogP contribution in [0.5, 0.6) is 0 Å². The predicted molar refractivity (Wildman–Crippen MR) is 248 cm³/mol. The summed E-state index contributed by atoms with van der Waals surface area (Å²) < 4.78 is 2.41. The standard InChI is InChI=1S/C55H35N3S/c1-3-14-36(15-4-1)38-28-30-40(31-29-38)46-33-32-39-18-7-8-23-45(39)51(46)55-57-53(56-54(58-55)49-26-13-25-48-47-24-9-10-27-50(47)59-52(48)49)44-22-12-21-43(35-44)42-20-11-19-41(34-42)37-16-5-2-6-17-37/h1-35H. The smallest absolute Gasteiger partial charge is 0.165 e. The van der Waals surface area contributed by atoms with Crippen LogP contribution in [0.1, 0.15) is 0 Å². The van der Waals surface area contributed by atoms with Gasteiger partial charge < -0.3 is 0 Å². The van der Waals surface area contributed by atoms with Gasteiger partial charge in [0, 0.05) is 36.9 Å². The molecule has 0 N–H and O–H groups in total. The van der Waals surface area contributed by atoms with Crippen LogP contribution in [0.2, 0.25) is 0 Å². The summed E-state index contributed by atoms with van der Waals surface area (Å²) in [7, 11) is 0. The summed E-state index contributed by atoms with van der Waals surface area (Å²) in [5.74, 6) is 1.91. The molecule has 0 aliphatic carbocycles. The van der Waals surface area contributed by atoms with Crippen molar-refractivity contribution in [3.63, 3.8) is 0 Å². The first kappa shape index (κ1) is 34.7. The normalized spacial score (nSPS) is 11.4. The monoisotopic (exact) mass is 769 g/mol. The minimum Gasteiger partial charge on any atom is -0.208 e. The van der Waals surface area contributed by atoms with E-state index in [0.29, 0.717) is 17.5 Å². The van der Waals surface area contributed by atoms with Crippen molar-refractivity contribution in [1.82, 2.24) is 15.0 Å². The molecule has 0 spiro atoms.